The minimum Gasteiger partial charge on any atom is -0.494 e. The van der Waals surface area contributed by atoms with Crippen LogP contribution < -0.4 is 15.8 Å². The van der Waals surface area contributed by atoms with Gasteiger partial charge in [0.15, 0.2) is 0 Å². The predicted molar refractivity (Wildman–Crippen MR) is 99.9 cm³/mol. The molecule has 0 aliphatic rings. The van der Waals surface area contributed by atoms with E-state index in [1.807, 2.05) is 0 Å². The van der Waals surface area contributed by atoms with Gasteiger partial charge in [-0.15, -0.1) is 0 Å². The lowest BCUT2D eigenvalue weighted by Gasteiger charge is -2.13. The third-order valence-corrected chi connectivity index (χ3v) is 4.13. The lowest BCUT2D eigenvalue weighted by atomic mass is 10.1. The summed E-state index contributed by atoms with van der Waals surface area (Å²) in [5.41, 5.74) is 6.03. The van der Waals surface area contributed by atoms with Crippen LogP contribution in [0.25, 0.3) is 0 Å². The largest absolute Gasteiger partial charge is 0.494 e. The van der Waals surface area contributed by atoms with Crippen LogP contribution in [0.1, 0.15) is 45.4 Å². The number of phosphoric acid groups is 1. The van der Waals surface area contributed by atoms with Crippen molar-refractivity contribution in [2.75, 3.05) is 18.5 Å². The van der Waals surface area contributed by atoms with Gasteiger partial charge in [-0.2, -0.15) is 0 Å². The molecule has 0 aromatic heterocycles. The second-order valence-electron chi connectivity index (χ2n) is 6.02. The summed E-state index contributed by atoms with van der Waals surface area (Å²) in [5, 5.41) is 2.55. The zero-order chi connectivity index (χ0) is 19.4. The number of amides is 1. The standard InChI is InChI=1S/C17H29N2O6P/c1-2-3-4-5-6-7-12-24-15-10-8-14(9-11-15)19-17(20)16(18)13-25-26(21,22)23/h8-11,16H,2-7,12-13,18H2,1H3,(H,19,20)(H2,21,22,23)/t16-/m0/s1. The Morgan fingerprint density at radius 3 is 2.38 bits per heavy atom. The Morgan fingerprint density at radius 1 is 1.15 bits per heavy atom. The summed E-state index contributed by atoms with van der Waals surface area (Å²) in [5.74, 6) is 0.116. The molecule has 8 nitrogen and oxygen atoms in total. The van der Waals surface area contributed by atoms with Crippen LogP contribution in [0.15, 0.2) is 24.3 Å². The molecule has 1 aromatic carbocycles. The monoisotopic (exact) mass is 388 g/mol. The Hall–Kier alpha value is -1.44. The van der Waals surface area contributed by atoms with Crippen molar-refractivity contribution in [3.8, 4) is 5.75 Å². The first-order valence-corrected chi connectivity index (χ1v) is 10.3. The van der Waals surface area contributed by atoms with Crippen LogP contribution in [0.3, 0.4) is 0 Å². The normalized spacial score (nSPS) is 12.6. The number of phosphoric ester groups is 1. The molecule has 0 saturated carbocycles. The lowest BCUT2D eigenvalue weighted by Crippen LogP contribution is -2.39. The van der Waals surface area contributed by atoms with Crippen molar-refractivity contribution >= 4 is 19.4 Å². The Bertz CT molecular complexity index is 575. The highest BCUT2D eigenvalue weighted by Crippen LogP contribution is 2.35. The van der Waals surface area contributed by atoms with Gasteiger partial charge < -0.3 is 25.6 Å². The minimum atomic E-state index is -4.65. The molecule has 9 heteroatoms. The van der Waals surface area contributed by atoms with Crippen molar-refractivity contribution in [3.63, 3.8) is 0 Å². The zero-order valence-electron chi connectivity index (χ0n) is 15.1. The third kappa shape index (κ3) is 10.5. The Kier molecular flexibility index (Phi) is 10.5. The predicted octanol–water partition coefficient (Wildman–Crippen LogP) is 2.80. The number of nitrogens with one attached hydrogen (secondary N) is 1. The van der Waals surface area contributed by atoms with E-state index in [1.54, 1.807) is 24.3 Å². The molecular formula is C17H29N2O6P. The summed E-state index contributed by atoms with van der Waals surface area (Å²) in [6.45, 7) is 2.27. The second-order valence-corrected chi connectivity index (χ2v) is 7.26. The maximum Gasteiger partial charge on any atom is 0.469 e. The number of ether oxygens (including phenoxy) is 1. The number of unbranched alkanes of at least 4 members (excludes halogenated alkanes) is 5. The molecule has 0 aliphatic heterocycles. The van der Waals surface area contributed by atoms with Crippen LogP contribution in [0, 0.1) is 0 Å². The fourth-order valence-corrected chi connectivity index (χ4v) is 2.55. The van der Waals surface area contributed by atoms with E-state index in [4.69, 9.17) is 20.3 Å². The molecule has 5 N–H and O–H groups in total. The highest BCUT2D eigenvalue weighted by Gasteiger charge is 2.20. The highest BCUT2D eigenvalue weighted by molar-refractivity contribution is 7.46. The van der Waals surface area contributed by atoms with Crippen molar-refractivity contribution in [3.05, 3.63) is 24.3 Å². The molecule has 0 aliphatic carbocycles. The fourth-order valence-electron chi connectivity index (χ4n) is 2.19. The van der Waals surface area contributed by atoms with Crippen molar-refractivity contribution < 1.29 is 28.4 Å². The van der Waals surface area contributed by atoms with E-state index >= 15 is 0 Å². The third-order valence-electron chi connectivity index (χ3n) is 3.65. The minimum absolute atomic E-state index is 0.508. The van der Waals surface area contributed by atoms with Gasteiger partial charge in [-0.1, -0.05) is 39.0 Å². The molecule has 0 spiro atoms. The summed E-state index contributed by atoms with van der Waals surface area (Å²) >= 11 is 0. The van der Waals surface area contributed by atoms with Gasteiger partial charge in [0.1, 0.15) is 11.8 Å². The average Bonchev–Trinajstić information content (AvgIpc) is 2.59. The van der Waals surface area contributed by atoms with Gasteiger partial charge in [0, 0.05) is 5.69 Å². The van der Waals surface area contributed by atoms with E-state index in [0.717, 1.165) is 12.8 Å². The maximum absolute atomic E-state index is 11.8. The molecule has 1 atom stereocenters. The Labute approximate surface area is 154 Å². The Morgan fingerprint density at radius 2 is 1.77 bits per heavy atom. The molecule has 0 fully saturated rings. The first-order valence-electron chi connectivity index (χ1n) is 8.81. The number of nitrogens with two attached hydrogens (primary N) is 1. The molecule has 0 unspecified atom stereocenters. The summed E-state index contributed by atoms with van der Waals surface area (Å²) in [7, 11) is -4.65. The first-order chi connectivity index (χ1) is 12.3. The number of anilines is 1. The number of hydrogen-bond acceptors (Lipinski definition) is 5. The highest BCUT2D eigenvalue weighted by atomic mass is 31.2. The quantitative estimate of drug-likeness (QED) is 0.302. The van der Waals surface area contributed by atoms with E-state index in [1.165, 1.54) is 25.7 Å². The number of carbonyl (C=O) groups is 1. The molecule has 0 bridgehead atoms. The van der Waals surface area contributed by atoms with Crippen molar-refractivity contribution in [2.24, 2.45) is 5.73 Å². The number of hydrogen-bond donors (Lipinski definition) is 4. The van der Waals surface area contributed by atoms with Gasteiger partial charge in [-0.25, -0.2) is 4.57 Å². The van der Waals surface area contributed by atoms with Crippen LogP contribution in [0.4, 0.5) is 5.69 Å². The van der Waals surface area contributed by atoms with Gasteiger partial charge in [-0.05, 0) is 30.7 Å². The average molecular weight is 388 g/mol. The van der Waals surface area contributed by atoms with Crippen LogP contribution in [0.5, 0.6) is 5.75 Å². The summed E-state index contributed by atoms with van der Waals surface area (Å²) in [4.78, 5) is 29.0. The molecule has 0 heterocycles. The van der Waals surface area contributed by atoms with Crippen LogP contribution in [-0.2, 0) is 13.9 Å². The SMILES string of the molecule is CCCCCCCCOc1ccc(NC(=O)[C@@H](N)COP(=O)(O)O)cc1. The van der Waals surface area contributed by atoms with E-state index in [2.05, 4.69) is 16.8 Å². The number of rotatable bonds is 13. The molecule has 1 rings (SSSR count). The van der Waals surface area contributed by atoms with Gasteiger partial charge >= 0.3 is 7.82 Å². The lowest BCUT2D eigenvalue weighted by molar-refractivity contribution is -0.118. The summed E-state index contributed by atoms with van der Waals surface area (Å²) < 4.78 is 20.5. The molecule has 0 radical (unpaired) electrons. The van der Waals surface area contributed by atoms with E-state index < -0.39 is 26.4 Å². The van der Waals surface area contributed by atoms with Crippen molar-refractivity contribution in [2.45, 2.75) is 51.5 Å². The molecule has 26 heavy (non-hydrogen) atoms. The van der Waals surface area contributed by atoms with E-state index in [-0.39, 0.29) is 0 Å². The van der Waals surface area contributed by atoms with Crippen LogP contribution >= 0.6 is 7.82 Å². The van der Waals surface area contributed by atoms with Crippen molar-refractivity contribution in [1.82, 2.24) is 0 Å². The zero-order valence-corrected chi connectivity index (χ0v) is 16.0. The summed E-state index contributed by atoms with van der Waals surface area (Å²) in [6.07, 6.45) is 7.18. The number of benzene rings is 1. The fraction of sp³-hybridized carbons (Fsp3) is 0.588. The first kappa shape index (κ1) is 22.6. The summed E-state index contributed by atoms with van der Waals surface area (Å²) in [6, 6.07) is 5.64. The van der Waals surface area contributed by atoms with Gasteiger partial charge in [-0.3, -0.25) is 9.32 Å². The topological polar surface area (TPSA) is 131 Å². The van der Waals surface area contributed by atoms with Gasteiger partial charge in [0.25, 0.3) is 0 Å². The molecule has 1 amide bonds. The van der Waals surface area contributed by atoms with Crippen LogP contribution in [-0.4, -0.2) is 34.9 Å². The Balaban J connectivity index is 2.29. The molecule has 148 valence electrons. The van der Waals surface area contributed by atoms with Gasteiger partial charge in [0.05, 0.1) is 13.2 Å². The van der Waals surface area contributed by atoms with E-state index in [9.17, 15) is 9.36 Å². The molecule has 1 aromatic rings. The van der Waals surface area contributed by atoms with Gasteiger partial charge in [0.2, 0.25) is 5.91 Å². The molecule has 0 saturated heterocycles. The smallest absolute Gasteiger partial charge is 0.469 e. The second kappa shape index (κ2) is 12.0. The van der Waals surface area contributed by atoms with Crippen LogP contribution in [0.2, 0.25) is 0 Å². The maximum atomic E-state index is 11.8. The van der Waals surface area contributed by atoms with E-state index in [0.29, 0.717) is 18.0 Å². The molecular weight excluding hydrogens is 359 g/mol. The van der Waals surface area contributed by atoms with Crippen molar-refractivity contribution in [1.29, 1.82) is 0 Å². The number of carbonyl (C=O) groups excluding carboxylic acids is 1.